The van der Waals surface area contributed by atoms with Gasteiger partial charge in [-0.3, -0.25) is 0 Å². The lowest BCUT2D eigenvalue weighted by atomic mass is 10.2. The van der Waals surface area contributed by atoms with E-state index < -0.39 is 0 Å². The van der Waals surface area contributed by atoms with E-state index in [-0.39, 0.29) is 12.4 Å². The Hall–Kier alpha value is -2.02. The lowest BCUT2D eigenvalue weighted by Crippen LogP contribution is -1.98. The third kappa shape index (κ3) is 2.77. The average molecular weight is 304 g/mol. The summed E-state index contributed by atoms with van der Waals surface area (Å²) in [4.78, 5) is 7.74. The first-order valence-electron chi connectivity index (χ1n) is 5.83. The molecule has 0 N–H and O–H groups in total. The summed E-state index contributed by atoms with van der Waals surface area (Å²) in [5, 5.41) is 1.73. The molecule has 20 heavy (non-hydrogen) atoms. The number of benzene rings is 1. The number of rotatable bonds is 2. The van der Waals surface area contributed by atoms with Crippen LogP contribution < -0.4 is 0 Å². The van der Waals surface area contributed by atoms with Crippen LogP contribution in [0.2, 0.25) is 5.02 Å². The van der Waals surface area contributed by atoms with Gasteiger partial charge in [0.25, 0.3) is 0 Å². The van der Waals surface area contributed by atoms with Gasteiger partial charge in [-0.05, 0) is 29.8 Å². The second-order valence-corrected chi connectivity index (χ2v) is 4.72. The van der Waals surface area contributed by atoms with Gasteiger partial charge in [-0.15, -0.1) is 12.4 Å². The van der Waals surface area contributed by atoms with Crippen LogP contribution in [0.4, 0.5) is 5.69 Å². The third-order valence-corrected chi connectivity index (χ3v) is 3.23. The number of hydrogen-bond acceptors (Lipinski definition) is 1. The van der Waals surface area contributed by atoms with Gasteiger partial charge in [0.1, 0.15) is 5.65 Å². The summed E-state index contributed by atoms with van der Waals surface area (Å²) < 4.78 is 2.06. The number of aromatic nitrogens is 2. The van der Waals surface area contributed by atoms with E-state index in [9.17, 15) is 0 Å². The molecule has 5 heteroatoms. The van der Waals surface area contributed by atoms with Gasteiger partial charge in [0.2, 0.25) is 5.69 Å². The molecule has 2 aromatic heterocycles. The fraction of sp³-hybridized carbons (Fsp3) is 0.0667. The highest BCUT2D eigenvalue weighted by Gasteiger charge is 2.04. The number of hydrogen-bond donors (Lipinski definition) is 0. The van der Waals surface area contributed by atoms with Gasteiger partial charge in [0, 0.05) is 29.3 Å². The largest absolute Gasteiger partial charge is 0.328 e. The van der Waals surface area contributed by atoms with Crippen molar-refractivity contribution < 1.29 is 0 Å². The van der Waals surface area contributed by atoms with E-state index in [1.54, 1.807) is 6.20 Å². The fourth-order valence-electron chi connectivity index (χ4n) is 2.04. The summed E-state index contributed by atoms with van der Waals surface area (Å²) in [5.74, 6) is 0. The fourth-order valence-corrected chi connectivity index (χ4v) is 2.17. The molecule has 0 saturated heterocycles. The Balaban J connectivity index is 0.00000147. The molecule has 0 spiro atoms. The zero-order chi connectivity index (χ0) is 13.2. The molecule has 2 heterocycles. The number of fused-ring (bicyclic) bond motifs is 1. The molecule has 100 valence electrons. The van der Waals surface area contributed by atoms with Gasteiger partial charge in [-0.2, -0.15) is 0 Å². The van der Waals surface area contributed by atoms with Gasteiger partial charge >= 0.3 is 0 Å². The maximum absolute atomic E-state index is 6.99. The molecule has 0 radical (unpaired) electrons. The van der Waals surface area contributed by atoms with Crippen molar-refractivity contribution in [1.82, 2.24) is 9.55 Å². The van der Waals surface area contributed by atoms with E-state index in [4.69, 9.17) is 18.2 Å². The van der Waals surface area contributed by atoms with E-state index in [1.165, 1.54) is 0 Å². The Morgan fingerprint density at radius 1 is 1.20 bits per heavy atom. The highest BCUT2D eigenvalue weighted by molar-refractivity contribution is 6.30. The average Bonchev–Trinajstić information content (AvgIpc) is 2.83. The second-order valence-electron chi connectivity index (χ2n) is 4.29. The van der Waals surface area contributed by atoms with E-state index in [0.717, 1.165) is 28.2 Å². The maximum Gasteiger partial charge on any atom is 0.205 e. The molecule has 3 aromatic rings. The summed E-state index contributed by atoms with van der Waals surface area (Å²) in [5.41, 5.74) is 2.62. The SMILES string of the molecule is Cl.[C-]#[N+]c1cnc2c(ccn2Cc2ccc(Cl)cc2)c1. The van der Waals surface area contributed by atoms with Gasteiger partial charge in [0.05, 0.1) is 6.57 Å². The van der Waals surface area contributed by atoms with Crippen molar-refractivity contribution >= 4 is 40.7 Å². The van der Waals surface area contributed by atoms with Crippen LogP contribution in [0.15, 0.2) is 48.8 Å². The summed E-state index contributed by atoms with van der Waals surface area (Å²) in [6, 6.07) is 11.6. The van der Waals surface area contributed by atoms with Crippen LogP contribution >= 0.6 is 24.0 Å². The summed E-state index contributed by atoms with van der Waals surface area (Å²) >= 11 is 5.87. The van der Waals surface area contributed by atoms with Crippen molar-refractivity contribution in [2.24, 2.45) is 0 Å². The summed E-state index contributed by atoms with van der Waals surface area (Å²) in [6.45, 7) is 7.73. The highest BCUT2D eigenvalue weighted by Crippen LogP contribution is 2.21. The predicted molar refractivity (Wildman–Crippen MR) is 83.8 cm³/mol. The van der Waals surface area contributed by atoms with E-state index in [1.807, 2.05) is 42.6 Å². The maximum atomic E-state index is 6.99. The molecule has 0 bridgehead atoms. The number of halogens is 2. The van der Waals surface area contributed by atoms with E-state index >= 15 is 0 Å². The Labute approximate surface area is 128 Å². The van der Waals surface area contributed by atoms with Crippen LogP contribution in [-0.2, 0) is 6.54 Å². The molecule has 0 amide bonds. The van der Waals surface area contributed by atoms with Gasteiger partial charge in [0.15, 0.2) is 0 Å². The monoisotopic (exact) mass is 303 g/mol. The van der Waals surface area contributed by atoms with Crippen molar-refractivity contribution in [1.29, 1.82) is 0 Å². The summed E-state index contributed by atoms with van der Waals surface area (Å²) in [6.07, 6.45) is 3.59. The van der Waals surface area contributed by atoms with Gasteiger partial charge in [-0.1, -0.05) is 23.7 Å². The minimum Gasteiger partial charge on any atom is -0.328 e. The van der Waals surface area contributed by atoms with Gasteiger partial charge < -0.3 is 4.57 Å². The minimum atomic E-state index is 0. The standard InChI is InChI=1S/C15H10ClN3.ClH/c1-17-14-8-12-6-7-19(15(12)18-9-14)10-11-2-4-13(16)5-3-11;/h2-9H,10H2;1H. The number of pyridine rings is 1. The first-order valence-corrected chi connectivity index (χ1v) is 6.21. The molecule has 0 unspecified atom stereocenters. The molecule has 3 rings (SSSR count). The molecule has 0 aliphatic carbocycles. The first-order chi connectivity index (χ1) is 9.26. The van der Waals surface area contributed by atoms with E-state index in [0.29, 0.717) is 5.69 Å². The predicted octanol–water partition coefficient (Wildman–Crippen LogP) is 4.71. The van der Waals surface area contributed by atoms with Crippen molar-refractivity contribution in [2.45, 2.75) is 6.54 Å². The first kappa shape index (κ1) is 14.4. The molecule has 0 fully saturated rings. The molecule has 0 saturated carbocycles. The Kier molecular flexibility index (Phi) is 4.29. The molecule has 3 nitrogen and oxygen atoms in total. The molecular weight excluding hydrogens is 293 g/mol. The third-order valence-electron chi connectivity index (χ3n) is 2.98. The second kappa shape index (κ2) is 5.96. The van der Waals surface area contributed by atoms with Crippen LogP contribution in [0.25, 0.3) is 15.9 Å². The van der Waals surface area contributed by atoms with Crippen molar-refractivity contribution in [2.75, 3.05) is 0 Å². The number of nitrogens with zero attached hydrogens (tertiary/aromatic N) is 3. The zero-order valence-corrected chi connectivity index (χ0v) is 12.0. The van der Waals surface area contributed by atoms with Crippen LogP contribution in [0.1, 0.15) is 5.56 Å². The Morgan fingerprint density at radius 2 is 1.95 bits per heavy atom. The van der Waals surface area contributed by atoms with Crippen LogP contribution in [0.5, 0.6) is 0 Å². The quantitative estimate of drug-likeness (QED) is 0.628. The molecule has 0 aliphatic heterocycles. The van der Waals surface area contributed by atoms with Crippen LogP contribution in [0.3, 0.4) is 0 Å². The molecule has 0 aliphatic rings. The minimum absolute atomic E-state index is 0. The highest BCUT2D eigenvalue weighted by atomic mass is 35.5. The Bertz CT molecular complexity index is 770. The molecule has 0 atom stereocenters. The molecular formula is C15H11Cl2N3. The lowest BCUT2D eigenvalue weighted by molar-refractivity contribution is 0.825. The van der Waals surface area contributed by atoms with Crippen LogP contribution in [0, 0.1) is 6.57 Å². The van der Waals surface area contributed by atoms with Crippen molar-refractivity contribution in [3.63, 3.8) is 0 Å². The smallest absolute Gasteiger partial charge is 0.205 e. The lowest BCUT2D eigenvalue weighted by Gasteiger charge is -2.05. The van der Waals surface area contributed by atoms with Gasteiger partial charge in [-0.25, -0.2) is 9.83 Å². The van der Waals surface area contributed by atoms with Crippen molar-refractivity contribution in [3.8, 4) is 0 Å². The topological polar surface area (TPSA) is 22.2 Å². The summed E-state index contributed by atoms with van der Waals surface area (Å²) in [7, 11) is 0. The normalized spacial score (nSPS) is 10.0. The molecule has 1 aromatic carbocycles. The van der Waals surface area contributed by atoms with Crippen LogP contribution in [-0.4, -0.2) is 9.55 Å². The zero-order valence-electron chi connectivity index (χ0n) is 10.5. The Morgan fingerprint density at radius 3 is 2.65 bits per heavy atom. The van der Waals surface area contributed by atoms with E-state index in [2.05, 4.69) is 14.4 Å². The van der Waals surface area contributed by atoms with Crippen molar-refractivity contribution in [3.05, 3.63) is 70.8 Å².